The van der Waals surface area contributed by atoms with E-state index in [-0.39, 0.29) is 0 Å². The first-order chi connectivity index (χ1) is 10.2. The van der Waals surface area contributed by atoms with E-state index < -0.39 is 0 Å². The van der Waals surface area contributed by atoms with Gasteiger partial charge in [-0.05, 0) is 37.5 Å². The lowest BCUT2D eigenvalue weighted by atomic mass is 9.71. The molecule has 0 aromatic rings. The molecule has 0 aromatic heterocycles. The molecule has 0 fully saturated rings. The van der Waals surface area contributed by atoms with Crippen LogP contribution in [0.2, 0.25) is 0 Å². The molecular weight excluding hydrogens is 260 g/mol. The van der Waals surface area contributed by atoms with Crippen LogP contribution in [0.25, 0.3) is 0 Å². The van der Waals surface area contributed by atoms with E-state index >= 15 is 0 Å². The Morgan fingerprint density at radius 1 is 0.619 bits per heavy atom. The number of hydrogen-bond donors (Lipinski definition) is 1. The van der Waals surface area contributed by atoms with Crippen molar-refractivity contribution in [3.05, 3.63) is 0 Å². The van der Waals surface area contributed by atoms with E-state index in [1.165, 1.54) is 83.5 Å². The first-order valence-electron chi connectivity index (χ1n) is 9.51. The van der Waals surface area contributed by atoms with E-state index in [1.54, 1.807) is 0 Å². The maximum Gasteiger partial charge on any atom is 0.0819 e. The predicted molar refractivity (Wildman–Crippen MR) is 92.7 cm³/mol. The van der Waals surface area contributed by atoms with Gasteiger partial charge in [-0.15, -0.1) is 0 Å². The van der Waals surface area contributed by atoms with Crippen LogP contribution in [-0.4, -0.2) is 11.9 Å². The van der Waals surface area contributed by atoms with Gasteiger partial charge in [0.2, 0.25) is 0 Å². The number of hydrogen-bond acceptors (Lipinski definition) is 2. The summed E-state index contributed by atoms with van der Waals surface area (Å²) < 4.78 is 0. The fourth-order valence-corrected chi connectivity index (χ4v) is 3.43. The fraction of sp³-hybridized carbons (Fsp3) is 1.00. The second-order valence-corrected chi connectivity index (χ2v) is 6.81. The summed E-state index contributed by atoms with van der Waals surface area (Å²) in [6.07, 6.45) is 18.7. The minimum absolute atomic E-state index is 0.493. The molecule has 0 amide bonds. The normalized spacial score (nSPS) is 12.0. The molecule has 0 spiro atoms. The van der Waals surface area contributed by atoms with Crippen molar-refractivity contribution in [3.63, 3.8) is 0 Å². The molecule has 0 radical (unpaired) electrons. The molecule has 21 heavy (non-hydrogen) atoms. The zero-order valence-corrected chi connectivity index (χ0v) is 15.0. The van der Waals surface area contributed by atoms with Crippen molar-refractivity contribution in [2.24, 2.45) is 5.41 Å². The van der Waals surface area contributed by atoms with E-state index in [9.17, 15) is 0 Å². The maximum absolute atomic E-state index is 8.34. The third-order valence-corrected chi connectivity index (χ3v) is 4.87. The van der Waals surface area contributed by atoms with Crippen LogP contribution in [0, 0.1) is 5.41 Å². The van der Waals surface area contributed by atoms with Crippen molar-refractivity contribution in [2.75, 3.05) is 6.61 Å². The summed E-state index contributed by atoms with van der Waals surface area (Å²) >= 11 is 0. The molecule has 0 bridgehead atoms. The molecule has 0 aliphatic carbocycles. The van der Waals surface area contributed by atoms with Gasteiger partial charge in [-0.1, -0.05) is 78.6 Å². The molecule has 0 aliphatic rings. The zero-order chi connectivity index (χ0) is 15.8. The highest BCUT2D eigenvalue weighted by Crippen LogP contribution is 2.41. The standard InChI is InChI=1S/C19H40O2/c1-4-7-14-19(15-8-5-2,16-9-6-3)17-12-10-11-13-18-21-20/h20H,4-18H2,1-3H3. The summed E-state index contributed by atoms with van der Waals surface area (Å²) in [5, 5.41) is 8.34. The van der Waals surface area contributed by atoms with Crippen LogP contribution in [0.4, 0.5) is 0 Å². The molecule has 0 unspecified atom stereocenters. The second kappa shape index (κ2) is 14.8. The minimum Gasteiger partial charge on any atom is -0.252 e. The molecule has 0 aromatic carbocycles. The number of unbranched alkanes of at least 4 members (excludes halogenated alkanes) is 6. The molecule has 0 heterocycles. The van der Waals surface area contributed by atoms with Crippen molar-refractivity contribution in [1.82, 2.24) is 0 Å². The van der Waals surface area contributed by atoms with Crippen molar-refractivity contribution in [2.45, 2.75) is 111 Å². The largest absolute Gasteiger partial charge is 0.252 e. The summed E-state index contributed by atoms with van der Waals surface area (Å²) in [7, 11) is 0. The Morgan fingerprint density at radius 2 is 1.05 bits per heavy atom. The lowest BCUT2D eigenvalue weighted by Crippen LogP contribution is -2.21. The molecule has 0 saturated heterocycles. The highest BCUT2D eigenvalue weighted by atomic mass is 17.1. The summed E-state index contributed by atoms with van der Waals surface area (Å²) in [4.78, 5) is 4.15. The van der Waals surface area contributed by atoms with Gasteiger partial charge in [-0.3, -0.25) is 5.26 Å². The van der Waals surface area contributed by atoms with Gasteiger partial charge in [0.05, 0.1) is 6.61 Å². The minimum atomic E-state index is 0.493. The molecular formula is C19H40O2. The number of rotatable bonds is 16. The third kappa shape index (κ3) is 11.2. The van der Waals surface area contributed by atoms with Gasteiger partial charge in [0.25, 0.3) is 0 Å². The Balaban J connectivity index is 4.28. The van der Waals surface area contributed by atoms with Crippen LogP contribution in [0.1, 0.15) is 111 Å². The zero-order valence-electron chi connectivity index (χ0n) is 15.0. The van der Waals surface area contributed by atoms with Crippen LogP contribution >= 0.6 is 0 Å². The van der Waals surface area contributed by atoms with Crippen LogP contribution < -0.4 is 0 Å². The Morgan fingerprint density at radius 3 is 1.48 bits per heavy atom. The molecule has 0 atom stereocenters. The van der Waals surface area contributed by atoms with Crippen molar-refractivity contribution < 1.29 is 10.1 Å². The molecule has 0 aliphatic heterocycles. The van der Waals surface area contributed by atoms with Gasteiger partial charge < -0.3 is 0 Å². The fourth-order valence-electron chi connectivity index (χ4n) is 3.43. The Bertz CT molecular complexity index is 182. The second-order valence-electron chi connectivity index (χ2n) is 6.81. The van der Waals surface area contributed by atoms with E-state index in [0.29, 0.717) is 12.0 Å². The van der Waals surface area contributed by atoms with Gasteiger partial charge in [0.1, 0.15) is 0 Å². The maximum atomic E-state index is 8.34. The summed E-state index contributed by atoms with van der Waals surface area (Å²) in [5.41, 5.74) is 0.621. The first kappa shape index (κ1) is 20.9. The van der Waals surface area contributed by atoms with E-state index in [4.69, 9.17) is 5.26 Å². The van der Waals surface area contributed by atoms with Crippen LogP contribution in [0.5, 0.6) is 0 Å². The first-order valence-corrected chi connectivity index (χ1v) is 9.51. The Labute approximate surface area is 133 Å². The Kier molecular flexibility index (Phi) is 14.8. The van der Waals surface area contributed by atoms with E-state index in [0.717, 1.165) is 6.42 Å². The lowest BCUT2D eigenvalue weighted by Gasteiger charge is -2.35. The average molecular weight is 301 g/mol. The Hall–Kier alpha value is -0.0800. The summed E-state index contributed by atoms with van der Waals surface area (Å²) in [6, 6.07) is 0. The highest BCUT2D eigenvalue weighted by Gasteiger charge is 2.27. The molecule has 2 nitrogen and oxygen atoms in total. The van der Waals surface area contributed by atoms with Crippen molar-refractivity contribution in [1.29, 1.82) is 0 Å². The van der Waals surface area contributed by atoms with E-state index in [1.807, 2.05) is 0 Å². The third-order valence-electron chi connectivity index (χ3n) is 4.87. The molecule has 128 valence electrons. The van der Waals surface area contributed by atoms with Gasteiger partial charge >= 0.3 is 0 Å². The molecule has 0 saturated carbocycles. The quantitative estimate of drug-likeness (QED) is 0.189. The van der Waals surface area contributed by atoms with Gasteiger partial charge in [-0.25, -0.2) is 4.89 Å². The summed E-state index contributed by atoms with van der Waals surface area (Å²) in [6.45, 7) is 7.45. The molecule has 1 N–H and O–H groups in total. The molecule has 2 heteroatoms. The highest BCUT2D eigenvalue weighted by molar-refractivity contribution is 4.79. The van der Waals surface area contributed by atoms with Gasteiger partial charge in [-0.2, -0.15) is 0 Å². The lowest BCUT2D eigenvalue weighted by molar-refractivity contribution is -0.242. The van der Waals surface area contributed by atoms with Crippen LogP contribution in [-0.2, 0) is 4.89 Å². The predicted octanol–water partition coefficient (Wildman–Crippen LogP) is 6.98. The SMILES string of the molecule is CCCCC(CCCC)(CCCC)CCCCCCOO. The van der Waals surface area contributed by atoms with Crippen LogP contribution in [0.3, 0.4) is 0 Å². The monoisotopic (exact) mass is 300 g/mol. The van der Waals surface area contributed by atoms with Gasteiger partial charge in [0, 0.05) is 0 Å². The van der Waals surface area contributed by atoms with E-state index in [2.05, 4.69) is 25.7 Å². The summed E-state index contributed by atoms with van der Waals surface area (Å²) in [5.74, 6) is 0. The van der Waals surface area contributed by atoms with Gasteiger partial charge in [0.15, 0.2) is 0 Å². The van der Waals surface area contributed by atoms with Crippen molar-refractivity contribution in [3.8, 4) is 0 Å². The van der Waals surface area contributed by atoms with Crippen LogP contribution in [0.15, 0.2) is 0 Å². The topological polar surface area (TPSA) is 29.5 Å². The van der Waals surface area contributed by atoms with Crippen molar-refractivity contribution >= 4 is 0 Å². The average Bonchev–Trinajstić information content (AvgIpc) is 2.51. The molecule has 0 rings (SSSR count). The smallest absolute Gasteiger partial charge is 0.0819 e.